The Bertz CT molecular complexity index is 828. The second kappa shape index (κ2) is 6.49. The Kier molecular flexibility index (Phi) is 4.29. The van der Waals surface area contributed by atoms with E-state index >= 15 is 0 Å². The molecule has 0 unspecified atom stereocenters. The second-order valence-electron chi connectivity index (χ2n) is 7.15. The normalized spacial score (nSPS) is 30.1. The van der Waals surface area contributed by atoms with Crippen LogP contribution in [0.25, 0.3) is 0 Å². The summed E-state index contributed by atoms with van der Waals surface area (Å²) >= 11 is 0. The smallest absolute Gasteiger partial charge is 0.269 e. The third kappa shape index (κ3) is 3.50. The van der Waals surface area contributed by atoms with E-state index in [-0.39, 0.29) is 23.5 Å². The van der Waals surface area contributed by atoms with Gasteiger partial charge >= 0.3 is 0 Å². The van der Waals surface area contributed by atoms with E-state index in [1.165, 1.54) is 0 Å². The lowest BCUT2D eigenvalue weighted by Crippen LogP contribution is -2.49. The molecule has 10 heteroatoms. The van der Waals surface area contributed by atoms with Crippen molar-refractivity contribution >= 4 is 27.3 Å². The average Bonchev–Trinajstić information content (AvgIpc) is 3.19. The molecule has 1 aromatic rings. The predicted molar refractivity (Wildman–Crippen MR) is 94.5 cm³/mol. The molecular weight excluding hydrogens is 358 g/mol. The van der Waals surface area contributed by atoms with Gasteiger partial charge in [-0.1, -0.05) is 5.16 Å². The van der Waals surface area contributed by atoms with E-state index in [9.17, 15) is 13.2 Å². The number of aromatic nitrogens is 2. The van der Waals surface area contributed by atoms with Crippen molar-refractivity contribution in [3.8, 4) is 0 Å². The van der Waals surface area contributed by atoms with Gasteiger partial charge in [-0.3, -0.25) is 9.78 Å². The van der Waals surface area contributed by atoms with E-state index < -0.39 is 15.4 Å². The summed E-state index contributed by atoms with van der Waals surface area (Å²) in [6.07, 6.45) is 7.57. The highest BCUT2D eigenvalue weighted by Gasteiger charge is 2.45. The number of anilines is 1. The quantitative estimate of drug-likeness (QED) is 0.780. The van der Waals surface area contributed by atoms with E-state index in [0.717, 1.165) is 25.2 Å². The molecule has 1 amide bonds. The Balaban J connectivity index is 1.38. The maximum absolute atomic E-state index is 12.4. The summed E-state index contributed by atoms with van der Waals surface area (Å²) in [6.45, 7) is 1.44. The monoisotopic (exact) mass is 379 g/mol. The lowest BCUT2D eigenvalue weighted by Gasteiger charge is -2.38. The predicted octanol–water partition coefficient (Wildman–Crippen LogP) is -0.105. The van der Waals surface area contributed by atoms with Gasteiger partial charge in [0.1, 0.15) is 11.5 Å². The first-order chi connectivity index (χ1) is 12.4. The minimum absolute atomic E-state index is 0.00151. The number of amides is 1. The zero-order valence-corrected chi connectivity index (χ0v) is 15.1. The lowest BCUT2D eigenvalue weighted by molar-refractivity contribution is -0.115. The highest BCUT2D eigenvalue weighted by atomic mass is 32.2. The van der Waals surface area contributed by atoms with Crippen molar-refractivity contribution < 1.29 is 18.0 Å². The van der Waals surface area contributed by atoms with Gasteiger partial charge in [0, 0.05) is 31.4 Å². The number of carbonyl (C=O) groups is 1. The van der Waals surface area contributed by atoms with Crippen LogP contribution in [0.5, 0.6) is 0 Å². The Hall–Kier alpha value is -2.23. The first-order valence-electron chi connectivity index (χ1n) is 8.72. The zero-order valence-electron chi connectivity index (χ0n) is 14.3. The Morgan fingerprint density at radius 1 is 1.38 bits per heavy atom. The van der Waals surface area contributed by atoms with Crippen LogP contribution < -0.4 is 10.2 Å². The molecule has 26 heavy (non-hydrogen) atoms. The topological polar surface area (TPSA) is 114 Å². The van der Waals surface area contributed by atoms with Crippen molar-refractivity contribution in [3.05, 3.63) is 18.6 Å². The van der Waals surface area contributed by atoms with Gasteiger partial charge in [0.2, 0.25) is 0 Å². The fourth-order valence-corrected chi connectivity index (χ4v) is 5.46. The summed E-state index contributed by atoms with van der Waals surface area (Å²) in [5, 5.41) is 6.79. The number of hydrogen-bond donors (Lipinski definition) is 1. The number of nitrogens with one attached hydrogen (secondary N) is 1. The highest BCUT2D eigenvalue weighted by molar-refractivity contribution is 7.91. The number of piperidine rings is 1. The molecule has 0 radical (unpaired) electrons. The van der Waals surface area contributed by atoms with Crippen LogP contribution in [0.15, 0.2) is 23.7 Å². The fraction of sp³-hybridized carbons (Fsp3) is 0.625. The van der Waals surface area contributed by atoms with E-state index in [2.05, 4.69) is 25.3 Å². The van der Waals surface area contributed by atoms with Crippen molar-refractivity contribution in [1.82, 2.24) is 15.3 Å². The van der Waals surface area contributed by atoms with Crippen LogP contribution in [-0.4, -0.2) is 66.2 Å². The summed E-state index contributed by atoms with van der Waals surface area (Å²) in [6, 6.07) is -0.339. The lowest BCUT2D eigenvalue weighted by atomic mass is 9.88. The average molecular weight is 379 g/mol. The number of rotatable bonds is 3. The van der Waals surface area contributed by atoms with E-state index in [4.69, 9.17) is 4.84 Å². The minimum atomic E-state index is -3.03. The van der Waals surface area contributed by atoms with Crippen LogP contribution in [0.2, 0.25) is 0 Å². The molecule has 3 aliphatic rings. The molecular formula is C16H21N5O4S. The first-order valence-corrected chi connectivity index (χ1v) is 10.5. The molecule has 2 atom stereocenters. The molecule has 9 nitrogen and oxygen atoms in total. The summed E-state index contributed by atoms with van der Waals surface area (Å²) in [7, 11) is -3.03. The van der Waals surface area contributed by atoms with Gasteiger partial charge in [-0.05, 0) is 19.3 Å². The summed E-state index contributed by atoms with van der Waals surface area (Å²) in [4.78, 5) is 28.6. The number of oxime groups is 1. The molecule has 2 fully saturated rings. The maximum Gasteiger partial charge on any atom is 0.269 e. The van der Waals surface area contributed by atoms with Crippen LogP contribution in [0.3, 0.4) is 0 Å². The minimum Gasteiger partial charge on any atom is -0.386 e. The molecule has 140 valence electrons. The molecule has 0 aliphatic carbocycles. The summed E-state index contributed by atoms with van der Waals surface area (Å²) in [5.41, 5.74) is -0.209. The maximum atomic E-state index is 12.4. The molecule has 4 rings (SSSR count). The molecule has 0 saturated carbocycles. The molecule has 2 saturated heterocycles. The van der Waals surface area contributed by atoms with Gasteiger partial charge in [-0.15, -0.1) is 0 Å². The van der Waals surface area contributed by atoms with Crippen LogP contribution in [0, 0.1) is 0 Å². The number of carbonyl (C=O) groups excluding carboxylic acids is 1. The molecule has 1 spiro atoms. The van der Waals surface area contributed by atoms with Gasteiger partial charge in [0.15, 0.2) is 15.4 Å². The van der Waals surface area contributed by atoms with E-state index in [1.54, 1.807) is 18.6 Å². The van der Waals surface area contributed by atoms with Crippen molar-refractivity contribution in [3.63, 3.8) is 0 Å². The van der Waals surface area contributed by atoms with Gasteiger partial charge in [-0.25, -0.2) is 13.4 Å². The van der Waals surface area contributed by atoms with Gasteiger partial charge in [-0.2, -0.15) is 0 Å². The molecule has 4 heterocycles. The van der Waals surface area contributed by atoms with Crippen LogP contribution in [-0.2, 0) is 19.5 Å². The standard InChI is InChI=1S/C16H21N5O4S/c22-15(19-12-2-7-26(23,24)10-12)13-8-16(25-20-13)3-1-6-21(11-16)14-9-17-4-5-18-14/h4-5,9,12H,1-3,6-8,10-11H2,(H,19,22)/t12-,16-/m1/s1. The van der Waals surface area contributed by atoms with E-state index in [0.29, 0.717) is 25.1 Å². The summed E-state index contributed by atoms with van der Waals surface area (Å²) < 4.78 is 23.1. The first kappa shape index (κ1) is 17.2. The van der Waals surface area contributed by atoms with Crippen molar-refractivity contribution in [2.45, 2.75) is 37.3 Å². The second-order valence-corrected chi connectivity index (χ2v) is 9.38. The molecule has 0 aromatic carbocycles. The molecule has 1 aromatic heterocycles. The number of sulfone groups is 1. The third-order valence-corrected chi connectivity index (χ3v) is 6.85. The Morgan fingerprint density at radius 2 is 2.27 bits per heavy atom. The molecule has 0 bridgehead atoms. The van der Waals surface area contributed by atoms with Crippen LogP contribution >= 0.6 is 0 Å². The van der Waals surface area contributed by atoms with E-state index in [1.807, 2.05) is 0 Å². The largest absolute Gasteiger partial charge is 0.386 e. The molecule has 3 aliphatic heterocycles. The Morgan fingerprint density at radius 3 is 3.00 bits per heavy atom. The third-order valence-electron chi connectivity index (χ3n) is 5.08. The summed E-state index contributed by atoms with van der Waals surface area (Å²) in [5.74, 6) is 0.570. The zero-order chi connectivity index (χ0) is 18.2. The fourth-order valence-electron chi connectivity index (χ4n) is 3.79. The van der Waals surface area contributed by atoms with Crippen LogP contribution in [0.4, 0.5) is 5.82 Å². The Labute approximate surface area is 151 Å². The van der Waals surface area contributed by atoms with Crippen molar-refractivity contribution in [2.24, 2.45) is 5.16 Å². The number of nitrogens with zero attached hydrogens (tertiary/aromatic N) is 4. The van der Waals surface area contributed by atoms with Gasteiger partial charge in [0.25, 0.3) is 5.91 Å². The van der Waals surface area contributed by atoms with Crippen LogP contribution in [0.1, 0.15) is 25.7 Å². The molecule has 1 N–H and O–H groups in total. The SMILES string of the molecule is O=C(N[C@@H]1CCS(=O)(=O)C1)C1=NO[C@]2(CCCN(c3cnccn3)C2)C1. The van der Waals surface area contributed by atoms with Crippen molar-refractivity contribution in [2.75, 3.05) is 29.5 Å². The van der Waals surface area contributed by atoms with Crippen molar-refractivity contribution in [1.29, 1.82) is 0 Å². The highest BCUT2D eigenvalue weighted by Crippen LogP contribution is 2.34. The van der Waals surface area contributed by atoms with Gasteiger partial charge in [0.05, 0.1) is 24.2 Å². The number of hydrogen-bond acceptors (Lipinski definition) is 8. The van der Waals surface area contributed by atoms with Gasteiger partial charge < -0.3 is 15.1 Å².